The molecule has 1 unspecified atom stereocenters. The van der Waals surface area contributed by atoms with E-state index < -0.39 is 0 Å². The molecule has 1 aliphatic rings. The van der Waals surface area contributed by atoms with Gasteiger partial charge >= 0.3 is 0 Å². The lowest BCUT2D eigenvalue weighted by Crippen LogP contribution is -2.34. The summed E-state index contributed by atoms with van der Waals surface area (Å²) in [5.74, 6) is 0.880. The van der Waals surface area contributed by atoms with Crippen molar-refractivity contribution < 1.29 is 0 Å². The van der Waals surface area contributed by atoms with Crippen molar-refractivity contribution in [1.82, 2.24) is 0 Å². The van der Waals surface area contributed by atoms with E-state index in [9.17, 15) is 0 Å². The SMILES string of the molecule is CCCC(N)C1CCC1. The van der Waals surface area contributed by atoms with Crippen LogP contribution in [0.25, 0.3) is 0 Å². The molecule has 0 amide bonds. The Balaban J connectivity index is 2.08. The molecule has 1 rings (SSSR count). The van der Waals surface area contributed by atoms with Crippen LogP contribution in [0.2, 0.25) is 0 Å². The van der Waals surface area contributed by atoms with E-state index in [0.717, 1.165) is 5.92 Å². The van der Waals surface area contributed by atoms with Gasteiger partial charge in [-0.05, 0) is 25.2 Å². The molecular formula is C8H17N. The molecular weight excluding hydrogens is 110 g/mol. The second-order valence-corrected chi connectivity index (χ2v) is 3.14. The summed E-state index contributed by atoms with van der Waals surface area (Å²) in [5.41, 5.74) is 5.89. The predicted octanol–water partition coefficient (Wildman–Crippen LogP) is 1.91. The number of hydrogen-bond donors (Lipinski definition) is 1. The fraction of sp³-hybridized carbons (Fsp3) is 1.00. The van der Waals surface area contributed by atoms with Gasteiger partial charge in [0.25, 0.3) is 0 Å². The molecule has 1 aliphatic carbocycles. The fourth-order valence-electron chi connectivity index (χ4n) is 1.44. The van der Waals surface area contributed by atoms with Crippen LogP contribution in [0, 0.1) is 5.92 Å². The molecule has 9 heavy (non-hydrogen) atoms. The summed E-state index contributed by atoms with van der Waals surface area (Å²) in [4.78, 5) is 0. The van der Waals surface area contributed by atoms with Crippen molar-refractivity contribution in [1.29, 1.82) is 0 Å². The molecule has 54 valence electrons. The van der Waals surface area contributed by atoms with Gasteiger partial charge in [0.15, 0.2) is 0 Å². The topological polar surface area (TPSA) is 26.0 Å². The maximum absolute atomic E-state index is 5.89. The van der Waals surface area contributed by atoms with Gasteiger partial charge in [0.2, 0.25) is 0 Å². The maximum Gasteiger partial charge on any atom is 0.00670 e. The minimum absolute atomic E-state index is 0.517. The number of hydrogen-bond acceptors (Lipinski definition) is 1. The molecule has 0 aromatic rings. The third-order valence-corrected chi connectivity index (χ3v) is 2.38. The van der Waals surface area contributed by atoms with E-state index in [2.05, 4.69) is 6.92 Å². The zero-order chi connectivity index (χ0) is 6.69. The zero-order valence-corrected chi connectivity index (χ0v) is 6.27. The summed E-state index contributed by atoms with van der Waals surface area (Å²) in [6, 6.07) is 0.517. The minimum Gasteiger partial charge on any atom is -0.327 e. The molecule has 1 heteroatoms. The average Bonchev–Trinajstić information content (AvgIpc) is 1.60. The highest BCUT2D eigenvalue weighted by molar-refractivity contribution is 4.79. The molecule has 0 heterocycles. The first kappa shape index (κ1) is 7.07. The minimum atomic E-state index is 0.517. The van der Waals surface area contributed by atoms with Crippen LogP contribution in [-0.2, 0) is 0 Å². The summed E-state index contributed by atoms with van der Waals surface area (Å²) in [5, 5.41) is 0. The molecule has 1 nitrogen and oxygen atoms in total. The van der Waals surface area contributed by atoms with Crippen molar-refractivity contribution in [2.45, 2.75) is 45.1 Å². The molecule has 1 saturated carbocycles. The molecule has 1 atom stereocenters. The first-order valence-electron chi connectivity index (χ1n) is 4.10. The number of nitrogens with two attached hydrogens (primary N) is 1. The molecule has 0 aliphatic heterocycles. The molecule has 1 fully saturated rings. The van der Waals surface area contributed by atoms with Gasteiger partial charge in [0.1, 0.15) is 0 Å². The van der Waals surface area contributed by atoms with E-state index in [1.54, 1.807) is 0 Å². The van der Waals surface area contributed by atoms with Crippen LogP contribution in [0.15, 0.2) is 0 Å². The van der Waals surface area contributed by atoms with Gasteiger partial charge in [0.05, 0.1) is 0 Å². The van der Waals surface area contributed by atoms with Crippen molar-refractivity contribution in [2.24, 2.45) is 11.7 Å². The molecule has 0 bridgehead atoms. The van der Waals surface area contributed by atoms with E-state index in [1.165, 1.54) is 32.1 Å². The maximum atomic E-state index is 5.89. The van der Waals surface area contributed by atoms with E-state index in [4.69, 9.17) is 5.73 Å². The molecule has 2 N–H and O–H groups in total. The molecule has 0 radical (unpaired) electrons. The van der Waals surface area contributed by atoms with Crippen molar-refractivity contribution in [3.05, 3.63) is 0 Å². The standard InChI is InChI=1S/C8H17N/c1-2-4-8(9)7-5-3-6-7/h7-8H,2-6,9H2,1H3. The fourth-order valence-corrected chi connectivity index (χ4v) is 1.44. The van der Waals surface area contributed by atoms with Crippen LogP contribution in [0.5, 0.6) is 0 Å². The predicted molar refractivity (Wildman–Crippen MR) is 40.2 cm³/mol. The highest BCUT2D eigenvalue weighted by atomic mass is 14.7. The Kier molecular flexibility index (Phi) is 2.52. The lowest BCUT2D eigenvalue weighted by molar-refractivity contribution is 0.252. The molecule has 0 aromatic carbocycles. The Bertz CT molecular complexity index is 76.6. The Labute approximate surface area is 57.6 Å². The van der Waals surface area contributed by atoms with Crippen LogP contribution < -0.4 is 5.73 Å². The third-order valence-electron chi connectivity index (χ3n) is 2.38. The van der Waals surface area contributed by atoms with Crippen LogP contribution in [0.1, 0.15) is 39.0 Å². The van der Waals surface area contributed by atoms with Crippen molar-refractivity contribution in [3.8, 4) is 0 Å². The Morgan fingerprint density at radius 1 is 1.56 bits per heavy atom. The quantitative estimate of drug-likeness (QED) is 0.615. The van der Waals surface area contributed by atoms with Gasteiger partial charge in [-0.1, -0.05) is 19.8 Å². The molecule has 0 saturated heterocycles. The lowest BCUT2D eigenvalue weighted by Gasteiger charge is -2.30. The van der Waals surface area contributed by atoms with Gasteiger partial charge in [-0.3, -0.25) is 0 Å². The largest absolute Gasteiger partial charge is 0.327 e. The van der Waals surface area contributed by atoms with E-state index in [1.807, 2.05) is 0 Å². The summed E-state index contributed by atoms with van der Waals surface area (Å²) in [7, 11) is 0. The van der Waals surface area contributed by atoms with Crippen LogP contribution in [-0.4, -0.2) is 6.04 Å². The van der Waals surface area contributed by atoms with E-state index in [-0.39, 0.29) is 0 Å². The van der Waals surface area contributed by atoms with Gasteiger partial charge in [-0.2, -0.15) is 0 Å². The van der Waals surface area contributed by atoms with Gasteiger partial charge < -0.3 is 5.73 Å². The second kappa shape index (κ2) is 3.21. The highest BCUT2D eigenvalue weighted by Gasteiger charge is 2.22. The number of rotatable bonds is 3. The smallest absolute Gasteiger partial charge is 0.00670 e. The van der Waals surface area contributed by atoms with Crippen LogP contribution in [0.3, 0.4) is 0 Å². The summed E-state index contributed by atoms with van der Waals surface area (Å²) < 4.78 is 0. The first-order chi connectivity index (χ1) is 4.34. The summed E-state index contributed by atoms with van der Waals surface area (Å²) in [6.45, 7) is 2.21. The average molecular weight is 127 g/mol. The third kappa shape index (κ3) is 1.68. The lowest BCUT2D eigenvalue weighted by atomic mass is 9.79. The van der Waals surface area contributed by atoms with Crippen molar-refractivity contribution in [3.63, 3.8) is 0 Å². The van der Waals surface area contributed by atoms with Crippen LogP contribution >= 0.6 is 0 Å². The molecule has 0 aromatic heterocycles. The van der Waals surface area contributed by atoms with Gasteiger partial charge in [-0.25, -0.2) is 0 Å². The first-order valence-corrected chi connectivity index (χ1v) is 4.10. The van der Waals surface area contributed by atoms with Crippen molar-refractivity contribution in [2.75, 3.05) is 0 Å². The normalized spacial score (nSPS) is 23.3. The highest BCUT2D eigenvalue weighted by Crippen LogP contribution is 2.29. The summed E-state index contributed by atoms with van der Waals surface area (Å²) >= 11 is 0. The second-order valence-electron chi connectivity index (χ2n) is 3.14. The summed E-state index contributed by atoms with van der Waals surface area (Å²) in [6.07, 6.45) is 6.67. The van der Waals surface area contributed by atoms with Crippen molar-refractivity contribution >= 4 is 0 Å². The van der Waals surface area contributed by atoms with Gasteiger partial charge in [0, 0.05) is 6.04 Å². The molecule has 0 spiro atoms. The van der Waals surface area contributed by atoms with Gasteiger partial charge in [-0.15, -0.1) is 0 Å². The monoisotopic (exact) mass is 127 g/mol. The Hall–Kier alpha value is -0.0400. The Morgan fingerprint density at radius 3 is 2.56 bits per heavy atom. The van der Waals surface area contributed by atoms with Crippen LogP contribution in [0.4, 0.5) is 0 Å². The van der Waals surface area contributed by atoms with E-state index in [0.29, 0.717) is 6.04 Å². The zero-order valence-electron chi connectivity index (χ0n) is 6.27. The van der Waals surface area contributed by atoms with E-state index >= 15 is 0 Å². The Morgan fingerprint density at radius 2 is 2.22 bits per heavy atom.